The second kappa shape index (κ2) is 9.62. The number of aliphatic carboxylic acids is 1. The Balaban J connectivity index is 1.64. The molecule has 162 valence electrons. The van der Waals surface area contributed by atoms with Crippen LogP contribution in [0.1, 0.15) is 44.6 Å². The van der Waals surface area contributed by atoms with Crippen LogP contribution in [-0.2, 0) is 14.8 Å². The molecule has 2 N–H and O–H groups in total. The van der Waals surface area contributed by atoms with Crippen LogP contribution in [0.15, 0.2) is 59.5 Å². The minimum Gasteiger partial charge on any atom is -0.480 e. The largest absolute Gasteiger partial charge is 0.480 e. The highest BCUT2D eigenvalue weighted by molar-refractivity contribution is 7.89. The molecule has 3 rings (SSSR count). The van der Waals surface area contributed by atoms with Crippen molar-refractivity contribution in [3.63, 3.8) is 0 Å². The van der Waals surface area contributed by atoms with Gasteiger partial charge in [-0.15, -0.1) is 0 Å². The van der Waals surface area contributed by atoms with Crippen molar-refractivity contribution in [2.45, 2.75) is 50.0 Å². The Morgan fingerprint density at radius 3 is 2.20 bits per heavy atom. The number of nitrogens with one attached hydrogen (secondary N) is 1. The van der Waals surface area contributed by atoms with Crippen LogP contribution in [0, 0.1) is 5.92 Å². The highest BCUT2D eigenvalue weighted by atomic mass is 32.2. The summed E-state index contributed by atoms with van der Waals surface area (Å²) in [5.74, 6) is -0.541. The Bertz CT molecular complexity index is 935. The van der Waals surface area contributed by atoms with Gasteiger partial charge >= 0.3 is 5.97 Å². The molecular weight excluding hydrogens is 400 g/mol. The van der Waals surface area contributed by atoms with Crippen LogP contribution in [-0.4, -0.2) is 38.6 Å². The fourth-order valence-electron chi connectivity index (χ4n) is 3.96. The number of carboxylic acids is 1. The highest BCUT2D eigenvalue weighted by Crippen LogP contribution is 2.30. The average molecular weight is 431 g/mol. The average Bonchev–Trinajstić information content (AvgIpc) is 2.73. The first kappa shape index (κ1) is 22.3. The fraction of sp³-hybridized carbons (Fsp3) is 0.435. The maximum Gasteiger partial charge on any atom is 0.321 e. The molecule has 7 heteroatoms. The fourth-order valence-corrected chi connectivity index (χ4v) is 5.16. The third kappa shape index (κ3) is 5.61. The van der Waals surface area contributed by atoms with Gasteiger partial charge in [0.2, 0.25) is 10.0 Å². The van der Waals surface area contributed by atoms with Gasteiger partial charge in [0, 0.05) is 18.8 Å². The molecule has 0 saturated carbocycles. The first-order valence-corrected chi connectivity index (χ1v) is 11.9. The zero-order valence-corrected chi connectivity index (χ0v) is 18.3. The zero-order valence-electron chi connectivity index (χ0n) is 17.5. The number of rotatable bonds is 8. The Labute approximate surface area is 179 Å². The molecule has 6 nitrogen and oxygen atoms in total. The summed E-state index contributed by atoms with van der Waals surface area (Å²) in [5.41, 5.74) is 2.36. The van der Waals surface area contributed by atoms with E-state index in [1.54, 1.807) is 24.3 Å². The minimum absolute atomic E-state index is 0.0648. The molecule has 1 atom stereocenters. The van der Waals surface area contributed by atoms with Crippen LogP contribution in [0.5, 0.6) is 0 Å². The first-order valence-electron chi connectivity index (χ1n) is 10.4. The Morgan fingerprint density at radius 1 is 1.07 bits per heavy atom. The summed E-state index contributed by atoms with van der Waals surface area (Å²) < 4.78 is 27.6. The van der Waals surface area contributed by atoms with Crippen molar-refractivity contribution >= 4 is 21.7 Å². The second-order valence-corrected chi connectivity index (χ2v) is 10.0. The molecule has 1 saturated heterocycles. The number of carbonyl (C=O) groups is 1. The van der Waals surface area contributed by atoms with E-state index in [-0.39, 0.29) is 17.2 Å². The predicted molar refractivity (Wildman–Crippen MR) is 118 cm³/mol. The van der Waals surface area contributed by atoms with Crippen LogP contribution in [0.3, 0.4) is 0 Å². The number of sulfonamides is 1. The van der Waals surface area contributed by atoms with Crippen molar-refractivity contribution in [3.05, 3.63) is 60.2 Å². The summed E-state index contributed by atoms with van der Waals surface area (Å²) >= 11 is 0. The number of nitrogens with zero attached hydrogens (tertiary/aromatic N) is 1. The van der Waals surface area contributed by atoms with Crippen LogP contribution >= 0.6 is 0 Å². The van der Waals surface area contributed by atoms with Crippen molar-refractivity contribution < 1.29 is 18.3 Å². The Morgan fingerprint density at radius 2 is 1.67 bits per heavy atom. The summed E-state index contributed by atoms with van der Waals surface area (Å²) in [7, 11) is -3.89. The van der Waals surface area contributed by atoms with Gasteiger partial charge in [0.05, 0.1) is 4.90 Å². The van der Waals surface area contributed by atoms with Gasteiger partial charge in [0.1, 0.15) is 6.04 Å². The minimum atomic E-state index is -3.89. The summed E-state index contributed by atoms with van der Waals surface area (Å²) in [5, 5.41) is 9.32. The molecule has 1 fully saturated rings. The van der Waals surface area contributed by atoms with E-state index in [0.29, 0.717) is 5.92 Å². The molecule has 0 amide bonds. The molecule has 30 heavy (non-hydrogen) atoms. The molecule has 2 aromatic rings. The van der Waals surface area contributed by atoms with Gasteiger partial charge in [-0.1, -0.05) is 44.2 Å². The monoisotopic (exact) mass is 430 g/mol. The number of anilines is 1. The Hall–Kier alpha value is -2.38. The Kier molecular flexibility index (Phi) is 7.15. The van der Waals surface area contributed by atoms with E-state index in [4.69, 9.17) is 0 Å². The van der Waals surface area contributed by atoms with Crippen molar-refractivity contribution in [2.24, 2.45) is 5.92 Å². The highest BCUT2D eigenvalue weighted by Gasteiger charge is 2.26. The lowest BCUT2D eigenvalue weighted by Gasteiger charge is -2.34. The molecule has 1 heterocycles. The van der Waals surface area contributed by atoms with Crippen molar-refractivity contribution in [1.29, 1.82) is 0 Å². The van der Waals surface area contributed by atoms with Gasteiger partial charge in [-0.2, -0.15) is 4.72 Å². The lowest BCUT2D eigenvalue weighted by molar-refractivity contribution is -0.139. The van der Waals surface area contributed by atoms with Gasteiger partial charge < -0.3 is 10.0 Å². The number of carboxylic acid groups (broad SMARTS) is 1. The number of benzene rings is 2. The van der Waals surface area contributed by atoms with Crippen molar-refractivity contribution in [2.75, 3.05) is 18.0 Å². The lowest BCUT2D eigenvalue weighted by atomic mass is 9.89. The smallest absolute Gasteiger partial charge is 0.321 e. The SMILES string of the molecule is CC(C)CC(NS(=O)(=O)c1ccc(N2CCC(c3ccccc3)CC2)cc1)C(=O)O. The molecule has 0 bridgehead atoms. The quantitative estimate of drug-likeness (QED) is 0.664. The van der Waals surface area contributed by atoms with E-state index in [0.717, 1.165) is 31.6 Å². The lowest BCUT2D eigenvalue weighted by Crippen LogP contribution is -2.41. The first-order chi connectivity index (χ1) is 14.3. The van der Waals surface area contributed by atoms with Gasteiger partial charge in [-0.3, -0.25) is 4.79 Å². The van der Waals surface area contributed by atoms with Gasteiger partial charge in [-0.25, -0.2) is 8.42 Å². The van der Waals surface area contributed by atoms with Gasteiger partial charge in [-0.05, 0) is 60.9 Å². The normalized spacial score (nSPS) is 16.6. The molecule has 0 aliphatic carbocycles. The molecule has 2 aromatic carbocycles. The molecule has 1 aliphatic heterocycles. The van der Waals surface area contributed by atoms with E-state index in [9.17, 15) is 18.3 Å². The number of hydrogen-bond donors (Lipinski definition) is 2. The molecular formula is C23H30N2O4S. The summed E-state index contributed by atoms with van der Waals surface area (Å²) in [6.45, 7) is 5.55. The second-order valence-electron chi connectivity index (χ2n) is 8.31. The van der Waals surface area contributed by atoms with Gasteiger partial charge in [0.25, 0.3) is 0 Å². The van der Waals surface area contributed by atoms with Crippen molar-refractivity contribution in [3.8, 4) is 0 Å². The van der Waals surface area contributed by atoms with Crippen molar-refractivity contribution in [1.82, 2.24) is 4.72 Å². The van der Waals surface area contributed by atoms with Crippen LogP contribution < -0.4 is 9.62 Å². The topological polar surface area (TPSA) is 86.7 Å². The standard InChI is InChI=1S/C23H30N2O4S/c1-17(2)16-22(23(26)27)24-30(28,29)21-10-8-20(9-11-21)25-14-12-19(13-15-25)18-6-4-3-5-7-18/h3-11,17,19,22,24H,12-16H2,1-2H3,(H,26,27). The predicted octanol–water partition coefficient (Wildman–Crippen LogP) is 3.85. The zero-order chi connectivity index (χ0) is 21.7. The molecule has 1 aliphatic rings. The van der Waals surface area contributed by atoms with E-state index in [1.165, 1.54) is 5.56 Å². The third-order valence-corrected chi connectivity index (χ3v) is 7.07. The summed E-state index contributed by atoms with van der Waals surface area (Å²) in [6, 6.07) is 16.1. The number of hydrogen-bond acceptors (Lipinski definition) is 4. The van der Waals surface area contributed by atoms with Crippen LogP contribution in [0.4, 0.5) is 5.69 Å². The molecule has 0 aromatic heterocycles. The van der Waals surface area contributed by atoms with Gasteiger partial charge in [0.15, 0.2) is 0 Å². The van der Waals surface area contributed by atoms with E-state index in [2.05, 4.69) is 33.9 Å². The maximum absolute atomic E-state index is 12.6. The maximum atomic E-state index is 12.6. The number of piperidine rings is 1. The van der Waals surface area contributed by atoms with E-state index in [1.807, 2.05) is 19.9 Å². The molecule has 0 spiro atoms. The summed E-state index contributed by atoms with van der Waals surface area (Å²) in [4.78, 5) is 13.7. The van der Waals surface area contributed by atoms with Crippen LogP contribution in [0.2, 0.25) is 0 Å². The summed E-state index contributed by atoms with van der Waals surface area (Å²) in [6.07, 6.45) is 2.35. The van der Waals surface area contributed by atoms with E-state index >= 15 is 0 Å². The van der Waals surface area contributed by atoms with Crippen LogP contribution in [0.25, 0.3) is 0 Å². The third-order valence-electron chi connectivity index (χ3n) is 5.58. The van der Waals surface area contributed by atoms with E-state index < -0.39 is 22.0 Å². The molecule has 1 unspecified atom stereocenters. The molecule has 0 radical (unpaired) electrons.